The fraction of sp³-hybridized carbons (Fsp3) is 0.938. The highest BCUT2D eigenvalue weighted by molar-refractivity contribution is 5.78. The van der Waals surface area contributed by atoms with E-state index in [0.717, 1.165) is 44.9 Å². The highest BCUT2D eigenvalue weighted by Gasteiger charge is 2.16. The van der Waals surface area contributed by atoms with Gasteiger partial charge in [0.25, 0.3) is 0 Å². The van der Waals surface area contributed by atoms with Crippen LogP contribution in [0.25, 0.3) is 0 Å². The van der Waals surface area contributed by atoms with Crippen LogP contribution in [0.4, 0.5) is 0 Å². The molecule has 0 spiro atoms. The number of aliphatic hydroxyl groups excluding tert-OH is 1. The third-order valence-electron chi connectivity index (χ3n) is 4.11. The van der Waals surface area contributed by atoms with Gasteiger partial charge in [0.2, 0.25) is 0 Å². The Bertz CT molecular complexity index is 219. The second kappa shape index (κ2) is 9.55. The number of Topliss-reactive ketones (excluding diaryl/α,β-unsaturated/α-hetero) is 1. The smallest absolute Gasteiger partial charge is 0.133 e. The number of rotatable bonds is 9. The lowest BCUT2D eigenvalue weighted by molar-refractivity contribution is -0.120. The third kappa shape index (κ3) is 7.15. The molecule has 1 aliphatic carbocycles. The second-order valence-corrected chi connectivity index (χ2v) is 5.94. The number of aliphatic hydroxyl groups is 1. The number of hydrogen-bond acceptors (Lipinski definition) is 2. The molecule has 0 bridgehead atoms. The van der Waals surface area contributed by atoms with Gasteiger partial charge in [0.15, 0.2) is 0 Å². The Morgan fingerprint density at radius 1 is 1.17 bits per heavy atom. The fourth-order valence-electron chi connectivity index (χ4n) is 2.99. The molecule has 2 nitrogen and oxygen atoms in total. The summed E-state index contributed by atoms with van der Waals surface area (Å²) in [6.07, 6.45) is 12.7. The van der Waals surface area contributed by atoms with E-state index in [4.69, 9.17) is 0 Å². The summed E-state index contributed by atoms with van der Waals surface area (Å²) >= 11 is 0. The number of carbonyl (C=O) groups is 1. The Morgan fingerprint density at radius 2 is 1.89 bits per heavy atom. The minimum absolute atomic E-state index is 0.150. The van der Waals surface area contributed by atoms with Gasteiger partial charge >= 0.3 is 0 Å². The van der Waals surface area contributed by atoms with Crippen molar-refractivity contribution in [1.29, 1.82) is 0 Å². The standard InChI is InChI=1S/C16H30O2/c1-2-8-15(17)11-6-7-12-16(18)13-14-9-4-3-5-10-14/h14-15,17H,2-13H2,1H3. The number of carbonyl (C=O) groups excluding carboxylic acids is 1. The first-order valence-electron chi connectivity index (χ1n) is 7.92. The maximum Gasteiger partial charge on any atom is 0.133 e. The molecule has 106 valence electrons. The topological polar surface area (TPSA) is 37.3 Å². The first-order valence-corrected chi connectivity index (χ1v) is 7.92. The number of hydrogen-bond donors (Lipinski definition) is 1. The Kier molecular flexibility index (Phi) is 8.32. The number of ketones is 1. The SMILES string of the molecule is CCCC(O)CCCCC(=O)CC1CCCCC1. The summed E-state index contributed by atoms with van der Waals surface area (Å²) in [5, 5.41) is 9.59. The second-order valence-electron chi connectivity index (χ2n) is 5.94. The summed E-state index contributed by atoms with van der Waals surface area (Å²) in [7, 11) is 0. The molecule has 0 amide bonds. The van der Waals surface area contributed by atoms with Crippen LogP contribution >= 0.6 is 0 Å². The molecule has 1 saturated carbocycles. The van der Waals surface area contributed by atoms with Crippen LogP contribution in [-0.2, 0) is 4.79 Å². The maximum atomic E-state index is 11.8. The van der Waals surface area contributed by atoms with Gasteiger partial charge in [-0.3, -0.25) is 4.79 Å². The van der Waals surface area contributed by atoms with Gasteiger partial charge in [0, 0.05) is 12.8 Å². The van der Waals surface area contributed by atoms with Crippen LogP contribution in [0.2, 0.25) is 0 Å². The molecule has 1 fully saturated rings. The lowest BCUT2D eigenvalue weighted by Gasteiger charge is -2.20. The fourth-order valence-corrected chi connectivity index (χ4v) is 2.99. The highest BCUT2D eigenvalue weighted by atomic mass is 16.3. The van der Waals surface area contributed by atoms with Crippen LogP contribution < -0.4 is 0 Å². The van der Waals surface area contributed by atoms with E-state index in [0.29, 0.717) is 11.7 Å². The monoisotopic (exact) mass is 254 g/mol. The van der Waals surface area contributed by atoms with E-state index >= 15 is 0 Å². The minimum atomic E-state index is -0.150. The summed E-state index contributed by atoms with van der Waals surface area (Å²) in [5.74, 6) is 1.13. The van der Waals surface area contributed by atoms with Crippen LogP contribution in [-0.4, -0.2) is 17.0 Å². The van der Waals surface area contributed by atoms with E-state index in [9.17, 15) is 9.90 Å². The van der Waals surface area contributed by atoms with Crippen LogP contribution in [0.3, 0.4) is 0 Å². The van der Waals surface area contributed by atoms with Crippen molar-refractivity contribution in [3.05, 3.63) is 0 Å². The van der Waals surface area contributed by atoms with E-state index in [1.807, 2.05) is 0 Å². The zero-order chi connectivity index (χ0) is 13.2. The summed E-state index contributed by atoms with van der Waals surface area (Å²) < 4.78 is 0. The zero-order valence-electron chi connectivity index (χ0n) is 12.0. The first-order chi connectivity index (χ1) is 8.72. The van der Waals surface area contributed by atoms with Crippen molar-refractivity contribution in [2.24, 2.45) is 5.92 Å². The van der Waals surface area contributed by atoms with Crippen molar-refractivity contribution in [3.63, 3.8) is 0 Å². The van der Waals surface area contributed by atoms with E-state index in [-0.39, 0.29) is 6.10 Å². The van der Waals surface area contributed by atoms with Crippen molar-refractivity contribution in [3.8, 4) is 0 Å². The molecular weight excluding hydrogens is 224 g/mol. The van der Waals surface area contributed by atoms with E-state index < -0.39 is 0 Å². The molecule has 0 radical (unpaired) electrons. The van der Waals surface area contributed by atoms with Gasteiger partial charge in [-0.2, -0.15) is 0 Å². The summed E-state index contributed by atoms with van der Waals surface area (Å²) in [4.78, 5) is 11.8. The molecule has 1 N–H and O–H groups in total. The van der Waals surface area contributed by atoms with E-state index in [2.05, 4.69) is 6.92 Å². The molecule has 0 aliphatic heterocycles. The molecular formula is C16H30O2. The quantitative estimate of drug-likeness (QED) is 0.625. The van der Waals surface area contributed by atoms with E-state index in [1.165, 1.54) is 32.1 Å². The minimum Gasteiger partial charge on any atom is -0.393 e. The van der Waals surface area contributed by atoms with Gasteiger partial charge < -0.3 is 5.11 Å². The maximum absolute atomic E-state index is 11.8. The van der Waals surface area contributed by atoms with Gasteiger partial charge in [0.1, 0.15) is 5.78 Å². The normalized spacial score (nSPS) is 18.8. The lowest BCUT2D eigenvalue weighted by Crippen LogP contribution is -2.12. The van der Waals surface area contributed by atoms with Gasteiger partial charge in [-0.15, -0.1) is 0 Å². The summed E-state index contributed by atoms with van der Waals surface area (Å²) in [5.41, 5.74) is 0. The lowest BCUT2D eigenvalue weighted by atomic mass is 9.85. The summed E-state index contributed by atoms with van der Waals surface area (Å²) in [6.45, 7) is 2.09. The van der Waals surface area contributed by atoms with Crippen molar-refractivity contribution in [2.75, 3.05) is 0 Å². The average molecular weight is 254 g/mol. The number of unbranched alkanes of at least 4 members (excludes halogenated alkanes) is 1. The van der Waals surface area contributed by atoms with Gasteiger partial charge in [-0.25, -0.2) is 0 Å². The molecule has 0 heterocycles. The first kappa shape index (κ1) is 15.7. The van der Waals surface area contributed by atoms with Crippen molar-refractivity contribution in [1.82, 2.24) is 0 Å². The highest BCUT2D eigenvalue weighted by Crippen LogP contribution is 2.27. The van der Waals surface area contributed by atoms with Gasteiger partial charge in [-0.1, -0.05) is 51.9 Å². The molecule has 18 heavy (non-hydrogen) atoms. The Balaban J connectivity index is 1.99. The largest absolute Gasteiger partial charge is 0.393 e. The molecule has 0 saturated heterocycles. The molecule has 2 heteroatoms. The van der Waals surface area contributed by atoms with Gasteiger partial charge in [0.05, 0.1) is 6.10 Å². The molecule has 1 atom stereocenters. The van der Waals surface area contributed by atoms with Crippen LogP contribution in [0.15, 0.2) is 0 Å². The van der Waals surface area contributed by atoms with Crippen molar-refractivity contribution < 1.29 is 9.90 Å². The van der Waals surface area contributed by atoms with Crippen LogP contribution in [0.1, 0.15) is 84.0 Å². The molecule has 0 aromatic heterocycles. The van der Waals surface area contributed by atoms with E-state index in [1.54, 1.807) is 0 Å². The molecule has 0 aromatic carbocycles. The Morgan fingerprint density at radius 3 is 2.56 bits per heavy atom. The van der Waals surface area contributed by atoms with Gasteiger partial charge in [-0.05, 0) is 25.2 Å². The van der Waals surface area contributed by atoms with Crippen molar-refractivity contribution >= 4 is 5.78 Å². The molecule has 1 unspecified atom stereocenters. The molecule has 0 aromatic rings. The Labute approximate surface area is 112 Å². The van der Waals surface area contributed by atoms with Crippen LogP contribution in [0, 0.1) is 5.92 Å². The van der Waals surface area contributed by atoms with Crippen LogP contribution in [0.5, 0.6) is 0 Å². The van der Waals surface area contributed by atoms with Crippen molar-refractivity contribution in [2.45, 2.75) is 90.1 Å². The molecule has 1 rings (SSSR count). The summed E-state index contributed by atoms with van der Waals surface area (Å²) in [6, 6.07) is 0. The average Bonchev–Trinajstić information content (AvgIpc) is 2.36. The molecule has 1 aliphatic rings. The predicted molar refractivity (Wildman–Crippen MR) is 75.6 cm³/mol. The Hall–Kier alpha value is -0.370. The third-order valence-corrected chi connectivity index (χ3v) is 4.11. The zero-order valence-corrected chi connectivity index (χ0v) is 12.0. The predicted octanol–water partition coefficient (Wildman–Crippen LogP) is 4.25.